The number of ether oxygens (including phenoxy) is 1. The SMILES string of the molecule is CC(C)C/C=C1\O[C@H]2C[C@@H](C)CC(=O)[C@H]2[C@@]1(C)O. The van der Waals surface area contributed by atoms with Gasteiger partial charge in [-0.15, -0.1) is 0 Å². The third kappa shape index (κ3) is 2.33. The summed E-state index contributed by atoms with van der Waals surface area (Å²) in [6.07, 6.45) is 4.13. The zero-order valence-electron chi connectivity index (χ0n) is 11.8. The molecule has 1 saturated carbocycles. The second kappa shape index (κ2) is 4.69. The lowest BCUT2D eigenvalue weighted by atomic mass is 9.73. The van der Waals surface area contributed by atoms with Crippen LogP contribution in [0, 0.1) is 17.8 Å². The van der Waals surface area contributed by atoms with Gasteiger partial charge < -0.3 is 9.84 Å². The lowest BCUT2D eigenvalue weighted by molar-refractivity contribution is -0.133. The fourth-order valence-electron chi connectivity index (χ4n) is 3.12. The number of carbonyl (C=O) groups is 1. The van der Waals surface area contributed by atoms with E-state index in [-0.39, 0.29) is 17.8 Å². The average Bonchev–Trinajstić information content (AvgIpc) is 2.46. The Kier molecular flexibility index (Phi) is 3.54. The fraction of sp³-hybridized carbons (Fsp3) is 0.800. The molecule has 0 spiro atoms. The highest BCUT2D eigenvalue weighted by molar-refractivity contribution is 5.85. The molecule has 102 valence electrons. The van der Waals surface area contributed by atoms with Crippen molar-refractivity contribution in [2.45, 2.75) is 58.7 Å². The molecule has 0 bridgehead atoms. The zero-order chi connectivity index (χ0) is 13.5. The van der Waals surface area contributed by atoms with E-state index >= 15 is 0 Å². The van der Waals surface area contributed by atoms with Crippen molar-refractivity contribution in [2.75, 3.05) is 0 Å². The predicted octanol–water partition coefficient (Wildman–Crippen LogP) is 2.68. The van der Waals surface area contributed by atoms with Crippen LogP contribution >= 0.6 is 0 Å². The van der Waals surface area contributed by atoms with Crippen LogP contribution in [0.5, 0.6) is 0 Å². The van der Waals surface area contributed by atoms with E-state index in [1.54, 1.807) is 6.92 Å². The third-order valence-corrected chi connectivity index (χ3v) is 4.06. The molecule has 4 atom stereocenters. The van der Waals surface area contributed by atoms with Crippen molar-refractivity contribution >= 4 is 5.78 Å². The number of Topliss-reactive ketones (excluding diaryl/α,β-unsaturated/α-hetero) is 1. The van der Waals surface area contributed by atoms with E-state index in [0.717, 1.165) is 12.8 Å². The minimum absolute atomic E-state index is 0.130. The van der Waals surface area contributed by atoms with Gasteiger partial charge in [0.05, 0.1) is 5.92 Å². The van der Waals surface area contributed by atoms with Crippen LogP contribution in [0.2, 0.25) is 0 Å². The van der Waals surface area contributed by atoms with E-state index in [1.165, 1.54) is 0 Å². The van der Waals surface area contributed by atoms with Gasteiger partial charge in [-0.25, -0.2) is 0 Å². The van der Waals surface area contributed by atoms with Gasteiger partial charge in [-0.3, -0.25) is 4.79 Å². The van der Waals surface area contributed by atoms with Gasteiger partial charge >= 0.3 is 0 Å². The maximum Gasteiger partial charge on any atom is 0.143 e. The summed E-state index contributed by atoms with van der Waals surface area (Å²) in [5.41, 5.74) is -1.11. The van der Waals surface area contributed by atoms with Gasteiger partial charge in [0.25, 0.3) is 0 Å². The standard InChI is InChI=1S/C15H24O3/c1-9(2)5-6-13-15(4,17)14-11(16)7-10(3)8-12(14)18-13/h6,9-10,12,14,17H,5,7-8H2,1-4H3/b13-6-/t10-,12-,14+,15-/m0/s1. The molecule has 0 aromatic heterocycles. The normalized spacial score (nSPS) is 42.2. The maximum atomic E-state index is 12.1. The van der Waals surface area contributed by atoms with Crippen molar-refractivity contribution in [1.29, 1.82) is 0 Å². The molecule has 2 aliphatic rings. The van der Waals surface area contributed by atoms with E-state index in [1.807, 2.05) is 6.08 Å². The topological polar surface area (TPSA) is 46.5 Å². The van der Waals surface area contributed by atoms with Crippen LogP contribution in [0.4, 0.5) is 0 Å². The minimum Gasteiger partial charge on any atom is -0.491 e. The quantitative estimate of drug-likeness (QED) is 0.822. The molecule has 2 rings (SSSR count). The molecular formula is C15H24O3. The Morgan fingerprint density at radius 1 is 1.56 bits per heavy atom. The number of hydrogen-bond acceptors (Lipinski definition) is 3. The lowest BCUT2D eigenvalue weighted by Crippen LogP contribution is -2.44. The molecule has 1 N–H and O–H groups in total. The Labute approximate surface area is 109 Å². The minimum atomic E-state index is -1.11. The first-order valence-electron chi connectivity index (χ1n) is 6.94. The summed E-state index contributed by atoms with van der Waals surface area (Å²) < 4.78 is 5.86. The molecule has 0 aromatic carbocycles. The third-order valence-electron chi connectivity index (χ3n) is 4.06. The highest BCUT2D eigenvalue weighted by Crippen LogP contribution is 2.46. The molecule has 2 fully saturated rings. The van der Waals surface area contributed by atoms with Crippen LogP contribution in [0.15, 0.2) is 11.8 Å². The number of rotatable bonds is 2. The maximum absolute atomic E-state index is 12.1. The van der Waals surface area contributed by atoms with Crippen molar-refractivity contribution in [3.63, 3.8) is 0 Å². The van der Waals surface area contributed by atoms with Gasteiger partial charge in [-0.1, -0.05) is 20.8 Å². The Morgan fingerprint density at radius 3 is 2.83 bits per heavy atom. The average molecular weight is 252 g/mol. The second-order valence-corrected chi connectivity index (χ2v) is 6.49. The smallest absolute Gasteiger partial charge is 0.143 e. The second-order valence-electron chi connectivity index (χ2n) is 6.49. The summed E-state index contributed by atoms with van der Waals surface area (Å²) in [6.45, 7) is 8.04. The Balaban J connectivity index is 2.23. The van der Waals surface area contributed by atoms with Crippen LogP contribution in [-0.4, -0.2) is 22.6 Å². The molecule has 0 unspecified atom stereocenters. The van der Waals surface area contributed by atoms with E-state index in [2.05, 4.69) is 20.8 Å². The predicted molar refractivity (Wildman–Crippen MR) is 69.9 cm³/mol. The van der Waals surface area contributed by atoms with Gasteiger partial charge in [0.2, 0.25) is 0 Å². The Morgan fingerprint density at radius 2 is 2.22 bits per heavy atom. The van der Waals surface area contributed by atoms with Gasteiger partial charge in [0.1, 0.15) is 23.2 Å². The molecule has 3 heteroatoms. The summed E-state index contributed by atoms with van der Waals surface area (Å²) in [5.74, 6) is 1.27. The van der Waals surface area contributed by atoms with E-state index < -0.39 is 5.60 Å². The molecule has 1 saturated heterocycles. The molecule has 0 radical (unpaired) electrons. The van der Waals surface area contributed by atoms with E-state index in [0.29, 0.717) is 24.0 Å². The van der Waals surface area contributed by atoms with Crippen LogP contribution in [-0.2, 0) is 9.53 Å². The fourth-order valence-corrected chi connectivity index (χ4v) is 3.12. The first-order valence-corrected chi connectivity index (χ1v) is 6.94. The summed E-state index contributed by atoms with van der Waals surface area (Å²) >= 11 is 0. The molecule has 1 aliphatic carbocycles. The van der Waals surface area contributed by atoms with Crippen LogP contribution < -0.4 is 0 Å². The largest absolute Gasteiger partial charge is 0.491 e. The van der Waals surface area contributed by atoms with Crippen molar-refractivity contribution in [3.8, 4) is 0 Å². The number of aliphatic hydroxyl groups is 1. The van der Waals surface area contributed by atoms with Crippen molar-refractivity contribution < 1.29 is 14.6 Å². The van der Waals surface area contributed by atoms with Gasteiger partial charge in [-0.05, 0) is 37.7 Å². The van der Waals surface area contributed by atoms with Crippen LogP contribution in [0.1, 0.15) is 47.0 Å². The Hall–Kier alpha value is -0.830. The molecule has 0 aromatic rings. The number of fused-ring (bicyclic) bond motifs is 1. The van der Waals surface area contributed by atoms with Crippen molar-refractivity contribution in [1.82, 2.24) is 0 Å². The van der Waals surface area contributed by atoms with Gasteiger partial charge in [-0.2, -0.15) is 0 Å². The first-order chi connectivity index (χ1) is 8.32. The summed E-state index contributed by atoms with van der Waals surface area (Å²) in [7, 11) is 0. The van der Waals surface area contributed by atoms with Crippen LogP contribution in [0.3, 0.4) is 0 Å². The lowest BCUT2D eigenvalue weighted by Gasteiger charge is -2.31. The van der Waals surface area contributed by atoms with Crippen molar-refractivity contribution in [2.24, 2.45) is 17.8 Å². The number of hydrogen-bond donors (Lipinski definition) is 1. The Bertz CT molecular complexity index is 368. The van der Waals surface area contributed by atoms with Gasteiger partial charge in [0, 0.05) is 6.42 Å². The van der Waals surface area contributed by atoms with Gasteiger partial charge in [0.15, 0.2) is 0 Å². The number of ketones is 1. The zero-order valence-corrected chi connectivity index (χ0v) is 11.8. The van der Waals surface area contributed by atoms with E-state index in [4.69, 9.17) is 4.74 Å². The van der Waals surface area contributed by atoms with E-state index in [9.17, 15) is 9.90 Å². The summed E-state index contributed by atoms with van der Waals surface area (Å²) in [4.78, 5) is 12.1. The molecule has 1 heterocycles. The highest BCUT2D eigenvalue weighted by Gasteiger charge is 2.55. The molecule has 1 aliphatic heterocycles. The molecular weight excluding hydrogens is 228 g/mol. The highest BCUT2D eigenvalue weighted by atomic mass is 16.5. The monoisotopic (exact) mass is 252 g/mol. The first kappa shape index (κ1) is 13.6. The van der Waals surface area contributed by atoms with Crippen LogP contribution in [0.25, 0.3) is 0 Å². The summed E-state index contributed by atoms with van der Waals surface area (Å²) in [5, 5.41) is 10.6. The van der Waals surface area contributed by atoms with Crippen molar-refractivity contribution in [3.05, 3.63) is 11.8 Å². The molecule has 3 nitrogen and oxygen atoms in total. The summed E-state index contributed by atoms with van der Waals surface area (Å²) in [6, 6.07) is 0. The number of allylic oxidation sites excluding steroid dienone is 1. The molecule has 0 amide bonds. The number of carbonyl (C=O) groups excluding carboxylic acids is 1. The molecule has 18 heavy (non-hydrogen) atoms.